The van der Waals surface area contributed by atoms with E-state index in [2.05, 4.69) is 27.6 Å². The predicted molar refractivity (Wildman–Crippen MR) is 71.0 cm³/mol. The molecule has 0 amide bonds. The smallest absolute Gasteiger partial charge is 0.230 e. The van der Waals surface area contributed by atoms with E-state index in [4.69, 9.17) is 9.15 Å². The fraction of sp³-hybridized carbons (Fsp3) is 0.250. The number of hydrogen-bond donors (Lipinski definition) is 0. The lowest BCUT2D eigenvalue weighted by Crippen LogP contribution is -1.87. The van der Waals surface area contributed by atoms with E-state index in [1.54, 1.807) is 7.11 Å². The van der Waals surface area contributed by atoms with Crippen LogP contribution in [-0.4, -0.2) is 12.1 Å². The molecule has 0 bridgehead atoms. The largest absolute Gasteiger partial charge is 0.496 e. The number of aromatic nitrogens is 1. The molecule has 0 radical (unpaired) electrons. The summed E-state index contributed by atoms with van der Waals surface area (Å²) in [7, 11) is 1.65. The van der Waals surface area contributed by atoms with Gasteiger partial charge in [-0.1, -0.05) is 34.7 Å². The van der Waals surface area contributed by atoms with E-state index in [-0.39, 0.29) is 0 Å². The summed E-state index contributed by atoms with van der Waals surface area (Å²) in [6, 6.07) is 7.72. The lowest BCUT2D eigenvalue weighted by Gasteiger charge is -2.03. The first-order chi connectivity index (χ1) is 7.76. The van der Waals surface area contributed by atoms with Gasteiger partial charge in [-0.2, -0.15) is 0 Å². The van der Waals surface area contributed by atoms with E-state index in [0.717, 1.165) is 27.2 Å². The van der Waals surface area contributed by atoms with Gasteiger partial charge < -0.3 is 9.15 Å². The predicted octanol–water partition coefficient (Wildman–Crippen LogP) is 3.59. The highest BCUT2D eigenvalue weighted by Crippen LogP contribution is 2.30. The minimum absolute atomic E-state index is 0.626. The zero-order chi connectivity index (χ0) is 11.5. The minimum Gasteiger partial charge on any atom is -0.496 e. The fourth-order valence-corrected chi connectivity index (χ4v) is 2.20. The Morgan fingerprint density at radius 3 is 2.75 bits per heavy atom. The van der Waals surface area contributed by atoms with Crippen molar-refractivity contribution in [1.82, 2.24) is 4.98 Å². The number of rotatable bonds is 3. The molecule has 3 nitrogen and oxygen atoms in total. The molecule has 0 N–H and O–H groups in total. The van der Waals surface area contributed by atoms with Crippen LogP contribution in [0.2, 0.25) is 0 Å². The zero-order valence-corrected chi connectivity index (χ0v) is 11.3. The van der Waals surface area contributed by atoms with E-state index < -0.39 is 0 Å². The number of hydrogen-bond acceptors (Lipinski definition) is 3. The second-order valence-electron chi connectivity index (χ2n) is 3.36. The summed E-state index contributed by atoms with van der Waals surface area (Å²) in [5.74, 6) is 2.28. The molecular formula is C12H12INO2. The third kappa shape index (κ3) is 2.07. The number of halogens is 1. The number of aryl methyl sites for hydroxylation is 1. The highest BCUT2D eigenvalue weighted by Gasteiger charge is 2.13. The standard InChI is InChI=1S/C12H12INO2/c1-8-10(7-13)14-12(16-8)9-5-3-4-6-11(9)15-2/h3-6H,7H2,1-2H3. The first-order valence-corrected chi connectivity index (χ1v) is 6.44. The van der Waals surface area contributed by atoms with Crippen LogP contribution >= 0.6 is 22.6 Å². The van der Waals surface area contributed by atoms with Crippen molar-refractivity contribution in [2.75, 3.05) is 7.11 Å². The van der Waals surface area contributed by atoms with Crippen molar-refractivity contribution in [1.29, 1.82) is 0 Å². The fourth-order valence-electron chi connectivity index (χ4n) is 1.49. The quantitative estimate of drug-likeness (QED) is 0.638. The summed E-state index contributed by atoms with van der Waals surface area (Å²) >= 11 is 2.28. The first-order valence-electron chi connectivity index (χ1n) is 4.92. The molecule has 0 aliphatic heterocycles. The Kier molecular flexibility index (Phi) is 3.48. The van der Waals surface area contributed by atoms with Crippen LogP contribution in [0.15, 0.2) is 28.7 Å². The topological polar surface area (TPSA) is 35.3 Å². The molecule has 0 fully saturated rings. The molecule has 1 aromatic carbocycles. The Hall–Kier alpha value is -1.04. The van der Waals surface area contributed by atoms with Gasteiger partial charge in [-0.3, -0.25) is 0 Å². The molecule has 4 heteroatoms. The molecule has 84 valence electrons. The Morgan fingerprint density at radius 2 is 2.12 bits per heavy atom. The van der Waals surface area contributed by atoms with E-state index in [1.807, 2.05) is 31.2 Å². The lowest BCUT2D eigenvalue weighted by atomic mass is 10.2. The Labute approximate surface area is 108 Å². The van der Waals surface area contributed by atoms with Gasteiger partial charge in [0, 0.05) is 4.43 Å². The van der Waals surface area contributed by atoms with Gasteiger partial charge >= 0.3 is 0 Å². The third-order valence-electron chi connectivity index (χ3n) is 2.36. The number of ether oxygens (including phenoxy) is 1. The zero-order valence-electron chi connectivity index (χ0n) is 9.16. The number of nitrogens with zero attached hydrogens (tertiary/aromatic N) is 1. The highest BCUT2D eigenvalue weighted by molar-refractivity contribution is 14.1. The van der Waals surface area contributed by atoms with E-state index >= 15 is 0 Å². The van der Waals surface area contributed by atoms with Crippen LogP contribution in [0.3, 0.4) is 0 Å². The number of oxazole rings is 1. The molecule has 1 heterocycles. The Morgan fingerprint density at radius 1 is 1.38 bits per heavy atom. The number of para-hydroxylation sites is 1. The highest BCUT2D eigenvalue weighted by atomic mass is 127. The Balaban J connectivity index is 2.49. The average Bonchev–Trinajstić information content (AvgIpc) is 2.70. The normalized spacial score (nSPS) is 10.4. The minimum atomic E-state index is 0.626. The van der Waals surface area contributed by atoms with Crippen molar-refractivity contribution in [3.8, 4) is 17.2 Å². The number of methoxy groups -OCH3 is 1. The van der Waals surface area contributed by atoms with Crippen molar-refractivity contribution in [2.45, 2.75) is 11.4 Å². The molecule has 0 saturated carbocycles. The van der Waals surface area contributed by atoms with Gasteiger partial charge in [0.25, 0.3) is 0 Å². The maximum Gasteiger partial charge on any atom is 0.230 e. The van der Waals surface area contributed by atoms with Crippen LogP contribution in [-0.2, 0) is 4.43 Å². The lowest BCUT2D eigenvalue weighted by molar-refractivity contribution is 0.414. The van der Waals surface area contributed by atoms with Crippen molar-refractivity contribution >= 4 is 22.6 Å². The third-order valence-corrected chi connectivity index (χ3v) is 3.08. The summed E-state index contributed by atoms with van der Waals surface area (Å²) in [5.41, 5.74) is 1.88. The molecule has 1 aromatic heterocycles. The van der Waals surface area contributed by atoms with Crippen LogP contribution in [0.5, 0.6) is 5.75 Å². The molecule has 16 heavy (non-hydrogen) atoms. The van der Waals surface area contributed by atoms with Crippen molar-refractivity contribution in [3.05, 3.63) is 35.7 Å². The molecule has 2 aromatic rings. The van der Waals surface area contributed by atoms with E-state index in [1.165, 1.54) is 0 Å². The Bertz CT molecular complexity index is 494. The average molecular weight is 329 g/mol. The summed E-state index contributed by atoms with van der Waals surface area (Å²) < 4.78 is 11.8. The van der Waals surface area contributed by atoms with Gasteiger partial charge in [0.05, 0.1) is 18.4 Å². The second-order valence-corrected chi connectivity index (χ2v) is 4.12. The summed E-state index contributed by atoms with van der Waals surface area (Å²) in [6.07, 6.45) is 0. The molecule has 0 saturated heterocycles. The van der Waals surface area contributed by atoms with Crippen LogP contribution in [0, 0.1) is 6.92 Å². The SMILES string of the molecule is COc1ccccc1-c1nc(CI)c(C)o1. The number of alkyl halides is 1. The van der Waals surface area contributed by atoms with Gasteiger partial charge in [0.2, 0.25) is 5.89 Å². The monoisotopic (exact) mass is 329 g/mol. The molecule has 0 unspecified atom stereocenters. The van der Waals surface area contributed by atoms with Crippen LogP contribution < -0.4 is 4.74 Å². The molecular weight excluding hydrogens is 317 g/mol. The molecule has 2 rings (SSSR count). The summed E-state index contributed by atoms with van der Waals surface area (Å²) in [6.45, 7) is 1.93. The van der Waals surface area contributed by atoms with Crippen molar-refractivity contribution in [3.63, 3.8) is 0 Å². The molecule has 0 atom stereocenters. The van der Waals surface area contributed by atoms with E-state index in [0.29, 0.717) is 5.89 Å². The van der Waals surface area contributed by atoms with Crippen molar-refractivity contribution < 1.29 is 9.15 Å². The molecule has 0 spiro atoms. The van der Waals surface area contributed by atoms with Gasteiger partial charge in [0.15, 0.2) is 0 Å². The van der Waals surface area contributed by atoms with Crippen LogP contribution in [0.4, 0.5) is 0 Å². The van der Waals surface area contributed by atoms with E-state index in [9.17, 15) is 0 Å². The van der Waals surface area contributed by atoms with Crippen molar-refractivity contribution in [2.24, 2.45) is 0 Å². The van der Waals surface area contributed by atoms with Gasteiger partial charge in [-0.25, -0.2) is 4.98 Å². The second kappa shape index (κ2) is 4.86. The summed E-state index contributed by atoms with van der Waals surface area (Å²) in [5, 5.41) is 0. The molecule has 0 aliphatic rings. The van der Waals surface area contributed by atoms with Crippen LogP contribution in [0.1, 0.15) is 11.5 Å². The van der Waals surface area contributed by atoms with Gasteiger partial charge in [-0.05, 0) is 19.1 Å². The molecule has 0 aliphatic carbocycles. The number of benzene rings is 1. The first kappa shape index (κ1) is 11.4. The maximum atomic E-state index is 5.64. The maximum absolute atomic E-state index is 5.64. The summed E-state index contributed by atoms with van der Waals surface area (Å²) in [4.78, 5) is 4.45. The van der Waals surface area contributed by atoms with Gasteiger partial charge in [0.1, 0.15) is 11.5 Å². The van der Waals surface area contributed by atoms with Gasteiger partial charge in [-0.15, -0.1) is 0 Å². The van der Waals surface area contributed by atoms with Crippen LogP contribution in [0.25, 0.3) is 11.5 Å².